The second kappa shape index (κ2) is 5.53. The number of nitrogens with one attached hydrogen (secondary N) is 1. The molecule has 0 saturated carbocycles. The number of phenols is 1. The molecule has 6 nitrogen and oxygen atoms in total. The molecular weight excluding hydrogens is 286 g/mol. The zero-order valence-corrected chi connectivity index (χ0v) is 10.3. The molecule has 0 fully saturated rings. The van der Waals surface area contributed by atoms with Gasteiger partial charge in [0, 0.05) is 12.1 Å². The summed E-state index contributed by atoms with van der Waals surface area (Å²) in [6, 6.07) is 5.69. The van der Waals surface area contributed by atoms with Gasteiger partial charge in [-0.1, -0.05) is 6.07 Å². The van der Waals surface area contributed by atoms with Gasteiger partial charge >= 0.3 is 0 Å². The van der Waals surface area contributed by atoms with Crippen LogP contribution in [-0.4, -0.2) is 15.9 Å². The fourth-order valence-corrected chi connectivity index (χ4v) is 1.66. The molecule has 21 heavy (non-hydrogen) atoms. The summed E-state index contributed by atoms with van der Waals surface area (Å²) in [4.78, 5) is 21.9. The van der Waals surface area contributed by atoms with Crippen molar-refractivity contribution in [1.29, 1.82) is 0 Å². The maximum atomic E-state index is 13.5. The van der Waals surface area contributed by atoms with Gasteiger partial charge in [-0.25, -0.2) is 8.78 Å². The molecule has 2 aromatic carbocycles. The van der Waals surface area contributed by atoms with E-state index in [-0.39, 0.29) is 0 Å². The summed E-state index contributed by atoms with van der Waals surface area (Å²) in [7, 11) is 0. The minimum absolute atomic E-state index is 0.462. The number of para-hydroxylation sites is 1. The van der Waals surface area contributed by atoms with Crippen molar-refractivity contribution in [1.82, 2.24) is 0 Å². The van der Waals surface area contributed by atoms with Crippen LogP contribution in [-0.2, 0) is 0 Å². The number of phenolic OH excluding ortho intramolecular Hbond substituents is 1. The van der Waals surface area contributed by atoms with Crippen LogP contribution in [0.3, 0.4) is 0 Å². The molecule has 0 radical (unpaired) electrons. The number of aromatic hydroxyl groups is 1. The average Bonchev–Trinajstić information content (AvgIpc) is 2.40. The lowest BCUT2D eigenvalue weighted by atomic mass is 10.1. The summed E-state index contributed by atoms with van der Waals surface area (Å²) in [6.45, 7) is 0. The van der Waals surface area contributed by atoms with Gasteiger partial charge in [0.1, 0.15) is 17.4 Å². The third kappa shape index (κ3) is 2.94. The second-order valence-corrected chi connectivity index (χ2v) is 4.01. The van der Waals surface area contributed by atoms with Gasteiger partial charge in [-0.05, 0) is 18.2 Å². The fourth-order valence-electron chi connectivity index (χ4n) is 1.66. The average molecular weight is 294 g/mol. The SMILES string of the molecule is O=C(Nc1c(O)cccc1[N+](=O)[O-])c1ccc(F)cc1F. The summed E-state index contributed by atoms with van der Waals surface area (Å²) >= 11 is 0. The van der Waals surface area contributed by atoms with Gasteiger partial charge in [-0.15, -0.1) is 0 Å². The number of nitro groups is 1. The van der Waals surface area contributed by atoms with Crippen molar-refractivity contribution in [3.05, 3.63) is 63.7 Å². The minimum Gasteiger partial charge on any atom is -0.505 e. The molecule has 1 amide bonds. The van der Waals surface area contributed by atoms with Crippen LogP contribution in [0.25, 0.3) is 0 Å². The van der Waals surface area contributed by atoms with Crippen molar-refractivity contribution >= 4 is 17.3 Å². The van der Waals surface area contributed by atoms with E-state index in [0.717, 1.165) is 24.3 Å². The third-order valence-corrected chi connectivity index (χ3v) is 2.63. The molecule has 0 spiro atoms. The number of hydrogen-bond donors (Lipinski definition) is 2. The first-order chi connectivity index (χ1) is 9.90. The number of carbonyl (C=O) groups is 1. The van der Waals surface area contributed by atoms with Crippen LogP contribution < -0.4 is 5.32 Å². The van der Waals surface area contributed by atoms with Gasteiger partial charge in [0.2, 0.25) is 0 Å². The number of hydrogen-bond acceptors (Lipinski definition) is 4. The van der Waals surface area contributed by atoms with Crippen molar-refractivity contribution in [2.45, 2.75) is 0 Å². The van der Waals surface area contributed by atoms with Gasteiger partial charge in [0.25, 0.3) is 11.6 Å². The molecule has 0 saturated heterocycles. The monoisotopic (exact) mass is 294 g/mol. The second-order valence-electron chi connectivity index (χ2n) is 4.01. The smallest absolute Gasteiger partial charge is 0.296 e. The molecule has 0 unspecified atom stereocenters. The molecule has 0 heterocycles. The molecule has 2 rings (SSSR count). The number of anilines is 1. The Morgan fingerprint density at radius 3 is 2.57 bits per heavy atom. The number of halogens is 2. The Bertz CT molecular complexity index is 734. The summed E-state index contributed by atoms with van der Waals surface area (Å²) in [5.74, 6) is -3.57. The standard InChI is InChI=1S/C13H8F2N2O4/c14-7-4-5-8(9(15)6-7)13(19)16-12-10(17(20)21)2-1-3-11(12)18/h1-6,18H,(H,16,19). The molecule has 0 aliphatic rings. The highest BCUT2D eigenvalue weighted by molar-refractivity contribution is 6.06. The van der Waals surface area contributed by atoms with E-state index in [1.807, 2.05) is 5.32 Å². The summed E-state index contributed by atoms with van der Waals surface area (Å²) in [6.07, 6.45) is 0. The number of carbonyl (C=O) groups excluding carboxylic acids is 1. The maximum Gasteiger partial charge on any atom is 0.296 e. The van der Waals surface area contributed by atoms with Crippen LogP contribution >= 0.6 is 0 Å². The van der Waals surface area contributed by atoms with Crippen molar-refractivity contribution in [3.63, 3.8) is 0 Å². The van der Waals surface area contributed by atoms with Gasteiger partial charge in [0.05, 0.1) is 10.5 Å². The Hall–Kier alpha value is -3.03. The number of nitrogens with zero attached hydrogens (tertiary/aromatic N) is 1. The highest BCUT2D eigenvalue weighted by Crippen LogP contribution is 2.33. The number of rotatable bonds is 3. The third-order valence-electron chi connectivity index (χ3n) is 2.63. The molecule has 0 aliphatic carbocycles. The molecule has 0 aliphatic heterocycles. The molecule has 8 heteroatoms. The lowest BCUT2D eigenvalue weighted by Gasteiger charge is -2.08. The summed E-state index contributed by atoms with van der Waals surface area (Å²) in [5.41, 5.74) is -1.52. The fraction of sp³-hybridized carbons (Fsp3) is 0. The molecule has 0 atom stereocenters. The van der Waals surface area contributed by atoms with Gasteiger partial charge < -0.3 is 10.4 Å². The summed E-state index contributed by atoms with van der Waals surface area (Å²) in [5, 5.41) is 22.4. The van der Waals surface area contributed by atoms with Gasteiger partial charge in [-0.3, -0.25) is 14.9 Å². The number of nitro benzene ring substituents is 1. The molecule has 0 bridgehead atoms. The highest BCUT2D eigenvalue weighted by atomic mass is 19.1. The largest absolute Gasteiger partial charge is 0.505 e. The van der Waals surface area contributed by atoms with E-state index in [9.17, 15) is 28.8 Å². The normalized spacial score (nSPS) is 10.2. The van der Waals surface area contributed by atoms with Crippen molar-refractivity contribution in [2.75, 3.05) is 5.32 Å². The van der Waals surface area contributed by atoms with E-state index in [0.29, 0.717) is 6.07 Å². The molecule has 2 N–H and O–H groups in total. The van der Waals surface area contributed by atoms with Crippen LogP contribution in [0.1, 0.15) is 10.4 Å². The molecule has 108 valence electrons. The zero-order valence-electron chi connectivity index (χ0n) is 10.3. The van der Waals surface area contributed by atoms with E-state index in [4.69, 9.17) is 0 Å². The van der Waals surface area contributed by atoms with Crippen LogP contribution in [0.2, 0.25) is 0 Å². The summed E-state index contributed by atoms with van der Waals surface area (Å²) < 4.78 is 26.2. The Balaban J connectivity index is 2.38. The maximum absolute atomic E-state index is 13.5. The molecular formula is C13H8F2N2O4. The predicted octanol–water partition coefficient (Wildman–Crippen LogP) is 2.83. The van der Waals surface area contributed by atoms with E-state index < -0.39 is 45.2 Å². The predicted molar refractivity (Wildman–Crippen MR) is 69.1 cm³/mol. The lowest BCUT2D eigenvalue weighted by molar-refractivity contribution is -0.384. The van der Waals surface area contributed by atoms with Crippen LogP contribution in [0, 0.1) is 21.7 Å². The highest BCUT2D eigenvalue weighted by Gasteiger charge is 2.21. The molecule has 0 aromatic heterocycles. The first kappa shape index (κ1) is 14.4. The Labute approximate surface area is 116 Å². The zero-order chi connectivity index (χ0) is 15.6. The molecule has 2 aromatic rings. The van der Waals surface area contributed by atoms with Crippen LogP contribution in [0.5, 0.6) is 5.75 Å². The van der Waals surface area contributed by atoms with E-state index in [1.165, 1.54) is 6.07 Å². The van der Waals surface area contributed by atoms with Crippen LogP contribution in [0.4, 0.5) is 20.2 Å². The van der Waals surface area contributed by atoms with Crippen molar-refractivity contribution in [3.8, 4) is 5.75 Å². The van der Waals surface area contributed by atoms with Gasteiger partial charge in [0.15, 0.2) is 5.69 Å². The van der Waals surface area contributed by atoms with E-state index in [2.05, 4.69) is 0 Å². The Kier molecular flexibility index (Phi) is 3.79. The Morgan fingerprint density at radius 1 is 1.24 bits per heavy atom. The number of benzene rings is 2. The van der Waals surface area contributed by atoms with Crippen LogP contribution in [0.15, 0.2) is 36.4 Å². The topological polar surface area (TPSA) is 92.5 Å². The minimum atomic E-state index is -1.12. The first-order valence-corrected chi connectivity index (χ1v) is 5.63. The van der Waals surface area contributed by atoms with Gasteiger partial charge in [-0.2, -0.15) is 0 Å². The van der Waals surface area contributed by atoms with Crippen molar-refractivity contribution < 1.29 is 23.6 Å². The lowest BCUT2D eigenvalue weighted by Crippen LogP contribution is -2.15. The number of amides is 1. The van der Waals surface area contributed by atoms with E-state index >= 15 is 0 Å². The quantitative estimate of drug-likeness (QED) is 0.517. The van der Waals surface area contributed by atoms with Crippen molar-refractivity contribution in [2.24, 2.45) is 0 Å². The first-order valence-electron chi connectivity index (χ1n) is 5.63. The van der Waals surface area contributed by atoms with E-state index in [1.54, 1.807) is 0 Å². The Morgan fingerprint density at radius 2 is 1.95 bits per heavy atom.